The molecule has 2 nitrogen and oxygen atoms in total. The summed E-state index contributed by atoms with van der Waals surface area (Å²) in [5, 5.41) is 2.40. The maximum Gasteiger partial charge on any atom is 0.460 e. The van der Waals surface area contributed by atoms with Crippen LogP contribution in [0.2, 0.25) is 0 Å². The molecule has 0 aromatic carbocycles. The third kappa shape index (κ3) is 2.42. The second-order valence-corrected chi connectivity index (χ2v) is 3.68. The molecule has 0 saturated carbocycles. The van der Waals surface area contributed by atoms with E-state index in [-0.39, 0.29) is 4.68 Å². The SMILES string of the molecule is Cn1nc(C(F)(F)C(F)(F)C(F)(F)F)cc1C(F)(F)F. The van der Waals surface area contributed by atoms with Gasteiger partial charge in [0.15, 0.2) is 0 Å². The predicted octanol–water partition coefficient (Wildman–Crippen LogP) is 3.73. The first-order valence-electron chi connectivity index (χ1n) is 4.56. The predicted molar refractivity (Wildman–Crippen MR) is 43.1 cm³/mol. The molecule has 0 N–H and O–H groups in total. The lowest BCUT2D eigenvalue weighted by atomic mass is 10.1. The van der Waals surface area contributed by atoms with Crippen LogP contribution in [0.3, 0.4) is 0 Å². The van der Waals surface area contributed by atoms with Crippen molar-refractivity contribution in [3.63, 3.8) is 0 Å². The van der Waals surface area contributed by atoms with E-state index in [9.17, 15) is 43.9 Å². The van der Waals surface area contributed by atoms with Gasteiger partial charge in [-0.2, -0.15) is 49.0 Å². The first-order valence-corrected chi connectivity index (χ1v) is 4.56. The second-order valence-electron chi connectivity index (χ2n) is 3.68. The molecule has 1 rings (SSSR count). The van der Waals surface area contributed by atoms with Crippen molar-refractivity contribution in [3.8, 4) is 0 Å². The van der Waals surface area contributed by atoms with Gasteiger partial charge in [0.25, 0.3) is 0 Å². The van der Waals surface area contributed by atoms with Gasteiger partial charge in [0.2, 0.25) is 0 Å². The summed E-state index contributed by atoms with van der Waals surface area (Å²) in [6.07, 6.45) is -11.9. The zero-order chi connectivity index (χ0) is 16.1. The first-order chi connectivity index (χ1) is 8.62. The standard InChI is InChI=1S/C8H4F10N2/c1-20-4(6(11,12)13)2-3(19-20)5(9,10)7(14,15)8(16,17)18/h2H,1H3. The van der Waals surface area contributed by atoms with E-state index < -0.39 is 41.7 Å². The van der Waals surface area contributed by atoms with Crippen LogP contribution in [-0.4, -0.2) is 21.9 Å². The van der Waals surface area contributed by atoms with Crippen molar-refractivity contribution in [1.29, 1.82) is 0 Å². The lowest BCUT2D eigenvalue weighted by Crippen LogP contribution is -2.50. The molecule has 1 heterocycles. The fourth-order valence-electron chi connectivity index (χ4n) is 1.22. The van der Waals surface area contributed by atoms with Crippen molar-refractivity contribution >= 4 is 0 Å². The number of aryl methyl sites for hydroxylation is 1. The van der Waals surface area contributed by atoms with E-state index in [4.69, 9.17) is 0 Å². The van der Waals surface area contributed by atoms with Crippen molar-refractivity contribution < 1.29 is 43.9 Å². The third-order valence-corrected chi connectivity index (χ3v) is 2.24. The van der Waals surface area contributed by atoms with E-state index in [0.717, 1.165) is 0 Å². The Morgan fingerprint density at radius 3 is 1.65 bits per heavy atom. The molecule has 1 aromatic rings. The molecule has 1 aromatic heterocycles. The highest BCUT2D eigenvalue weighted by molar-refractivity contribution is 5.20. The van der Waals surface area contributed by atoms with Crippen molar-refractivity contribution in [3.05, 3.63) is 17.5 Å². The van der Waals surface area contributed by atoms with E-state index in [1.165, 1.54) is 0 Å². The van der Waals surface area contributed by atoms with E-state index in [1.807, 2.05) is 0 Å². The van der Waals surface area contributed by atoms with Crippen LogP contribution in [0.1, 0.15) is 11.4 Å². The van der Waals surface area contributed by atoms with Crippen molar-refractivity contribution in [2.24, 2.45) is 7.05 Å². The van der Waals surface area contributed by atoms with Gasteiger partial charge in [0.1, 0.15) is 11.4 Å². The first kappa shape index (κ1) is 16.6. The third-order valence-electron chi connectivity index (χ3n) is 2.24. The molecule has 0 aliphatic heterocycles. The largest absolute Gasteiger partial charge is 0.460 e. The maximum absolute atomic E-state index is 13.1. The van der Waals surface area contributed by atoms with Gasteiger partial charge in [0, 0.05) is 7.05 Å². The molecule has 20 heavy (non-hydrogen) atoms. The minimum Gasteiger partial charge on any atom is -0.263 e. The van der Waals surface area contributed by atoms with Gasteiger partial charge < -0.3 is 0 Å². The van der Waals surface area contributed by atoms with Gasteiger partial charge in [-0.1, -0.05) is 0 Å². The van der Waals surface area contributed by atoms with Gasteiger partial charge in [-0.15, -0.1) is 0 Å². The van der Waals surface area contributed by atoms with E-state index in [1.54, 1.807) is 0 Å². The molecule has 0 radical (unpaired) electrons. The Balaban J connectivity index is 3.38. The molecule has 0 saturated heterocycles. The summed E-state index contributed by atoms with van der Waals surface area (Å²) < 4.78 is 124. The fraction of sp³-hybridized carbons (Fsp3) is 0.625. The Kier molecular flexibility index (Phi) is 3.52. The quantitative estimate of drug-likeness (QED) is 0.760. The summed E-state index contributed by atoms with van der Waals surface area (Å²) in [6, 6.07) is -0.556. The highest BCUT2D eigenvalue weighted by Gasteiger charge is 2.74. The van der Waals surface area contributed by atoms with E-state index in [0.29, 0.717) is 7.05 Å². The maximum atomic E-state index is 13.1. The number of halogens is 10. The zero-order valence-corrected chi connectivity index (χ0v) is 9.25. The molecule has 0 aliphatic rings. The van der Waals surface area contributed by atoms with Crippen molar-refractivity contribution in [2.75, 3.05) is 0 Å². The number of aromatic nitrogens is 2. The van der Waals surface area contributed by atoms with Crippen molar-refractivity contribution in [1.82, 2.24) is 9.78 Å². The Hall–Kier alpha value is -1.49. The molecule has 0 amide bonds. The van der Waals surface area contributed by atoms with Crippen LogP contribution >= 0.6 is 0 Å². The smallest absolute Gasteiger partial charge is 0.263 e. The van der Waals surface area contributed by atoms with Crippen LogP contribution in [0.15, 0.2) is 6.07 Å². The minimum atomic E-state index is -6.65. The molecular formula is C8H4F10N2. The van der Waals surface area contributed by atoms with Gasteiger partial charge in [-0.25, -0.2) is 0 Å². The Labute approximate surface area is 104 Å². The summed E-state index contributed by atoms with van der Waals surface area (Å²) in [7, 11) is 0.480. The van der Waals surface area contributed by atoms with Crippen LogP contribution in [-0.2, 0) is 19.1 Å². The van der Waals surface area contributed by atoms with Crippen molar-refractivity contribution in [2.45, 2.75) is 24.2 Å². The van der Waals surface area contributed by atoms with Gasteiger partial charge in [-0.3, -0.25) is 4.68 Å². The fourth-order valence-corrected chi connectivity index (χ4v) is 1.22. The molecule has 0 spiro atoms. The number of hydrogen-bond acceptors (Lipinski definition) is 1. The Bertz CT molecular complexity index is 494. The topological polar surface area (TPSA) is 17.8 Å². The number of nitrogens with zero attached hydrogens (tertiary/aromatic N) is 2. The summed E-state index contributed by atoms with van der Waals surface area (Å²) in [5.74, 6) is -12.5. The van der Waals surface area contributed by atoms with Crippen LogP contribution in [0.5, 0.6) is 0 Å². The number of alkyl halides is 10. The van der Waals surface area contributed by atoms with Crippen LogP contribution in [0, 0.1) is 0 Å². The molecule has 0 aliphatic carbocycles. The molecule has 0 fully saturated rings. The van der Waals surface area contributed by atoms with Crippen LogP contribution < -0.4 is 0 Å². The summed E-state index contributed by atoms with van der Waals surface area (Å²) in [5.41, 5.74) is -4.21. The Morgan fingerprint density at radius 2 is 1.35 bits per heavy atom. The van der Waals surface area contributed by atoms with Gasteiger partial charge in [-0.05, 0) is 6.07 Å². The number of rotatable bonds is 2. The second kappa shape index (κ2) is 4.25. The molecule has 0 bridgehead atoms. The van der Waals surface area contributed by atoms with Gasteiger partial charge >= 0.3 is 24.2 Å². The number of hydrogen-bond donors (Lipinski definition) is 0. The molecule has 116 valence electrons. The molecule has 12 heteroatoms. The summed E-state index contributed by atoms with van der Waals surface area (Å²) in [6.45, 7) is 0. The van der Waals surface area contributed by atoms with Gasteiger partial charge in [0.05, 0.1) is 0 Å². The van der Waals surface area contributed by atoms with E-state index >= 15 is 0 Å². The normalized spacial score (nSPS) is 14.8. The lowest BCUT2D eigenvalue weighted by Gasteiger charge is -2.26. The molecule has 0 atom stereocenters. The average molecular weight is 318 g/mol. The van der Waals surface area contributed by atoms with E-state index in [2.05, 4.69) is 5.10 Å². The molecule has 0 unspecified atom stereocenters. The summed E-state index contributed by atoms with van der Waals surface area (Å²) in [4.78, 5) is 0. The zero-order valence-electron chi connectivity index (χ0n) is 9.25. The van der Waals surface area contributed by atoms with Crippen LogP contribution in [0.25, 0.3) is 0 Å². The average Bonchev–Trinajstić information content (AvgIpc) is 2.58. The molecular weight excluding hydrogens is 314 g/mol. The lowest BCUT2D eigenvalue weighted by molar-refractivity contribution is -0.360. The summed E-state index contributed by atoms with van der Waals surface area (Å²) >= 11 is 0. The highest BCUT2D eigenvalue weighted by atomic mass is 19.4. The monoisotopic (exact) mass is 318 g/mol. The minimum absolute atomic E-state index is 0.254. The Morgan fingerprint density at radius 1 is 0.900 bits per heavy atom. The highest BCUT2D eigenvalue weighted by Crippen LogP contribution is 2.51. The van der Waals surface area contributed by atoms with Crippen LogP contribution in [0.4, 0.5) is 43.9 Å².